The Morgan fingerprint density at radius 1 is 1.42 bits per heavy atom. The van der Waals surface area contributed by atoms with E-state index >= 15 is 0 Å². The lowest BCUT2D eigenvalue weighted by molar-refractivity contribution is -0.00795. The number of hydrogen-bond donors (Lipinski definition) is 1. The van der Waals surface area contributed by atoms with Crippen LogP contribution in [0.4, 0.5) is 0 Å². The zero-order valence-corrected chi connectivity index (χ0v) is 7.29. The van der Waals surface area contributed by atoms with Crippen molar-refractivity contribution in [3.63, 3.8) is 0 Å². The lowest BCUT2D eigenvalue weighted by Gasteiger charge is -2.17. The van der Waals surface area contributed by atoms with Crippen molar-refractivity contribution in [2.24, 2.45) is 0 Å². The van der Waals surface area contributed by atoms with Crippen molar-refractivity contribution in [1.82, 2.24) is 0 Å². The van der Waals surface area contributed by atoms with E-state index in [1.54, 1.807) is 12.1 Å². The number of aromatic hydroxyl groups is 1. The molecule has 0 aliphatic carbocycles. The number of hydrogen-bond acceptors (Lipinski definition) is 2. The Bertz CT molecular complexity index is 316. The van der Waals surface area contributed by atoms with Crippen LogP contribution in [0.25, 0.3) is 0 Å². The van der Waals surface area contributed by atoms with Crippen molar-refractivity contribution in [2.75, 3.05) is 0 Å². The van der Waals surface area contributed by atoms with Crippen LogP contribution in [0.2, 0.25) is 0 Å². The van der Waals surface area contributed by atoms with Gasteiger partial charge in [-0.05, 0) is 37.1 Å². The molecule has 0 amide bonds. The van der Waals surface area contributed by atoms with Crippen LogP contribution >= 0.6 is 0 Å². The van der Waals surface area contributed by atoms with Gasteiger partial charge in [0.1, 0.15) is 5.75 Å². The molecular weight excluding hydrogens is 152 g/mol. The number of ether oxygens (including phenoxy) is 1. The van der Waals surface area contributed by atoms with Gasteiger partial charge in [0, 0.05) is 0 Å². The second-order valence-corrected chi connectivity index (χ2v) is 3.64. The van der Waals surface area contributed by atoms with E-state index in [4.69, 9.17) is 4.74 Å². The summed E-state index contributed by atoms with van der Waals surface area (Å²) in [7, 11) is 0. The number of rotatable bonds is 0. The predicted molar refractivity (Wildman–Crippen MR) is 45.9 cm³/mol. The topological polar surface area (TPSA) is 29.5 Å². The van der Waals surface area contributed by atoms with Crippen molar-refractivity contribution in [1.29, 1.82) is 0 Å². The van der Waals surface area contributed by atoms with Crippen LogP contribution in [-0.4, -0.2) is 5.11 Å². The Labute approximate surface area is 71.8 Å². The van der Waals surface area contributed by atoms with E-state index in [-0.39, 0.29) is 5.60 Å². The predicted octanol–water partition coefficient (Wildman–Crippen LogP) is 2.16. The molecule has 1 heterocycles. The number of phenolic OH excluding ortho intramolecular Hbond substituents is 1. The Hall–Kier alpha value is -1.02. The van der Waals surface area contributed by atoms with E-state index in [1.165, 1.54) is 5.56 Å². The van der Waals surface area contributed by atoms with Gasteiger partial charge in [-0.15, -0.1) is 0 Å². The van der Waals surface area contributed by atoms with E-state index in [0.29, 0.717) is 12.4 Å². The molecule has 1 aliphatic heterocycles. The van der Waals surface area contributed by atoms with Gasteiger partial charge in [0.05, 0.1) is 12.2 Å². The van der Waals surface area contributed by atoms with Crippen LogP contribution in [0, 0.1) is 0 Å². The first kappa shape index (κ1) is 7.62. The van der Waals surface area contributed by atoms with Crippen LogP contribution in [-0.2, 0) is 16.9 Å². The quantitative estimate of drug-likeness (QED) is 0.636. The molecule has 0 saturated carbocycles. The minimum atomic E-state index is -0.242. The molecule has 1 aromatic carbocycles. The molecule has 0 fully saturated rings. The molecule has 64 valence electrons. The summed E-state index contributed by atoms with van der Waals surface area (Å²) in [5, 5.41) is 9.27. The van der Waals surface area contributed by atoms with E-state index in [2.05, 4.69) is 0 Å². The average Bonchev–Trinajstić information content (AvgIpc) is 2.28. The van der Waals surface area contributed by atoms with Crippen LogP contribution < -0.4 is 0 Å². The molecule has 0 spiro atoms. The Morgan fingerprint density at radius 2 is 2.17 bits per heavy atom. The molecule has 0 aromatic heterocycles. The maximum Gasteiger partial charge on any atom is 0.115 e. The van der Waals surface area contributed by atoms with Crippen molar-refractivity contribution in [3.05, 3.63) is 29.3 Å². The number of fused-ring (bicyclic) bond motifs is 1. The summed E-state index contributed by atoms with van der Waals surface area (Å²) < 4.78 is 5.55. The minimum absolute atomic E-state index is 0.242. The van der Waals surface area contributed by atoms with Gasteiger partial charge < -0.3 is 9.84 Å². The van der Waals surface area contributed by atoms with Gasteiger partial charge in [-0.25, -0.2) is 0 Å². The van der Waals surface area contributed by atoms with Crippen LogP contribution in [0.3, 0.4) is 0 Å². The summed E-state index contributed by atoms with van der Waals surface area (Å²) in [5.41, 5.74) is 2.04. The SMILES string of the molecule is CC1(C)OCc2ccc(O)cc21. The molecule has 0 unspecified atom stereocenters. The largest absolute Gasteiger partial charge is 0.508 e. The maximum atomic E-state index is 9.27. The highest BCUT2D eigenvalue weighted by Gasteiger charge is 2.30. The van der Waals surface area contributed by atoms with Crippen molar-refractivity contribution < 1.29 is 9.84 Å². The molecule has 2 nitrogen and oxygen atoms in total. The van der Waals surface area contributed by atoms with Crippen LogP contribution in [0.15, 0.2) is 18.2 Å². The van der Waals surface area contributed by atoms with Gasteiger partial charge in [-0.1, -0.05) is 6.07 Å². The van der Waals surface area contributed by atoms with Gasteiger partial charge in [0.15, 0.2) is 0 Å². The van der Waals surface area contributed by atoms with E-state index in [0.717, 1.165) is 5.56 Å². The van der Waals surface area contributed by atoms with Crippen molar-refractivity contribution in [3.8, 4) is 5.75 Å². The molecule has 0 bridgehead atoms. The zero-order chi connectivity index (χ0) is 8.77. The Kier molecular flexibility index (Phi) is 1.42. The highest BCUT2D eigenvalue weighted by Crippen LogP contribution is 2.37. The lowest BCUT2D eigenvalue weighted by Crippen LogP contribution is -2.14. The summed E-state index contributed by atoms with van der Waals surface area (Å²) in [6.07, 6.45) is 0. The second kappa shape index (κ2) is 2.23. The zero-order valence-electron chi connectivity index (χ0n) is 7.29. The summed E-state index contributed by atoms with van der Waals surface area (Å²) in [4.78, 5) is 0. The van der Waals surface area contributed by atoms with Gasteiger partial charge in [0.25, 0.3) is 0 Å². The van der Waals surface area contributed by atoms with Crippen LogP contribution in [0.5, 0.6) is 5.75 Å². The smallest absolute Gasteiger partial charge is 0.115 e. The molecule has 0 saturated heterocycles. The molecule has 12 heavy (non-hydrogen) atoms. The van der Waals surface area contributed by atoms with E-state index in [9.17, 15) is 5.11 Å². The van der Waals surface area contributed by atoms with E-state index in [1.807, 2.05) is 19.9 Å². The summed E-state index contributed by atoms with van der Waals surface area (Å²) in [6.45, 7) is 4.68. The first-order chi connectivity index (χ1) is 5.59. The molecular formula is C10H12O2. The normalized spacial score (nSPS) is 19.2. The highest BCUT2D eigenvalue weighted by molar-refractivity contribution is 5.39. The van der Waals surface area contributed by atoms with E-state index < -0.39 is 0 Å². The third-order valence-corrected chi connectivity index (χ3v) is 2.33. The summed E-state index contributed by atoms with van der Waals surface area (Å²) in [6, 6.07) is 5.39. The molecule has 1 N–H and O–H groups in total. The first-order valence-corrected chi connectivity index (χ1v) is 4.06. The Balaban J connectivity index is 2.57. The van der Waals surface area contributed by atoms with Gasteiger partial charge in [0.2, 0.25) is 0 Å². The molecule has 0 atom stereocenters. The molecule has 2 rings (SSSR count). The third-order valence-electron chi connectivity index (χ3n) is 2.33. The highest BCUT2D eigenvalue weighted by atomic mass is 16.5. The fraction of sp³-hybridized carbons (Fsp3) is 0.400. The summed E-state index contributed by atoms with van der Waals surface area (Å²) in [5.74, 6) is 0.312. The molecule has 1 aromatic rings. The van der Waals surface area contributed by atoms with Crippen molar-refractivity contribution >= 4 is 0 Å². The van der Waals surface area contributed by atoms with Gasteiger partial charge in [-0.3, -0.25) is 0 Å². The monoisotopic (exact) mass is 164 g/mol. The number of phenols is 1. The second-order valence-electron chi connectivity index (χ2n) is 3.64. The van der Waals surface area contributed by atoms with Gasteiger partial charge in [-0.2, -0.15) is 0 Å². The summed E-state index contributed by atoms with van der Waals surface area (Å²) >= 11 is 0. The molecule has 2 heteroatoms. The van der Waals surface area contributed by atoms with Crippen molar-refractivity contribution in [2.45, 2.75) is 26.1 Å². The maximum absolute atomic E-state index is 9.27. The number of benzene rings is 1. The molecule has 1 aliphatic rings. The molecule has 0 radical (unpaired) electrons. The Morgan fingerprint density at radius 3 is 2.92 bits per heavy atom. The fourth-order valence-corrected chi connectivity index (χ4v) is 1.59. The fourth-order valence-electron chi connectivity index (χ4n) is 1.59. The van der Waals surface area contributed by atoms with Gasteiger partial charge >= 0.3 is 0 Å². The minimum Gasteiger partial charge on any atom is -0.508 e. The van der Waals surface area contributed by atoms with Crippen LogP contribution in [0.1, 0.15) is 25.0 Å². The average molecular weight is 164 g/mol. The lowest BCUT2D eigenvalue weighted by atomic mass is 9.96. The third kappa shape index (κ3) is 0.994. The first-order valence-electron chi connectivity index (χ1n) is 4.06. The standard InChI is InChI=1S/C10H12O2/c1-10(2)9-5-8(11)4-3-7(9)6-12-10/h3-5,11H,6H2,1-2H3.